The van der Waals surface area contributed by atoms with Crippen LogP contribution in [0.25, 0.3) is 10.8 Å². The van der Waals surface area contributed by atoms with Crippen molar-refractivity contribution in [1.29, 1.82) is 0 Å². The van der Waals surface area contributed by atoms with Crippen molar-refractivity contribution in [3.05, 3.63) is 76.6 Å². The molecular weight excluding hydrogens is 463 g/mol. The number of alkyl halides is 2. The zero-order valence-electron chi connectivity index (χ0n) is 19.6. The Labute approximate surface area is 202 Å². The highest BCUT2D eigenvalue weighted by molar-refractivity contribution is 5.84. The molecule has 0 amide bonds. The minimum absolute atomic E-state index is 0.148. The monoisotopic (exact) mass is 492 g/mol. The molecule has 3 aromatic carbocycles. The number of aryl methyl sites for hydroxylation is 2. The summed E-state index contributed by atoms with van der Waals surface area (Å²) in [5.41, 5.74) is 1.89. The Morgan fingerprint density at radius 1 is 0.886 bits per heavy atom. The molecule has 0 spiro atoms. The summed E-state index contributed by atoms with van der Waals surface area (Å²) in [6.45, 7) is -2.53. The zero-order chi connectivity index (χ0) is 24.9. The average Bonchev–Trinajstić information content (AvgIpc) is 2.84. The molecule has 0 unspecified atom stereocenters. The van der Waals surface area contributed by atoms with Crippen molar-refractivity contribution < 1.29 is 31.4 Å². The molecule has 188 valence electrons. The lowest BCUT2D eigenvalue weighted by molar-refractivity contribution is -0.0546. The fourth-order valence-corrected chi connectivity index (χ4v) is 5.11. The molecule has 0 aromatic heterocycles. The Balaban J connectivity index is 1.44. The van der Waals surface area contributed by atoms with Crippen molar-refractivity contribution in [3.8, 4) is 5.75 Å². The summed E-state index contributed by atoms with van der Waals surface area (Å²) in [5, 5.41) is 1.34. The van der Waals surface area contributed by atoms with Crippen LogP contribution in [-0.2, 0) is 17.6 Å². The second-order valence-electron chi connectivity index (χ2n) is 9.29. The molecule has 2 nitrogen and oxygen atoms in total. The van der Waals surface area contributed by atoms with Crippen LogP contribution >= 0.6 is 0 Å². The molecule has 1 aliphatic rings. The Morgan fingerprint density at radius 2 is 1.60 bits per heavy atom. The minimum atomic E-state index is -3.33. The maximum absolute atomic E-state index is 15.2. The van der Waals surface area contributed by atoms with E-state index >= 15 is 4.39 Å². The molecule has 7 heteroatoms. The first-order valence-corrected chi connectivity index (χ1v) is 12.0. The van der Waals surface area contributed by atoms with Gasteiger partial charge in [0.2, 0.25) is 0 Å². The molecule has 0 saturated heterocycles. The van der Waals surface area contributed by atoms with E-state index in [4.69, 9.17) is 4.74 Å². The average molecular weight is 493 g/mol. The van der Waals surface area contributed by atoms with Gasteiger partial charge in [0.1, 0.15) is 5.82 Å². The summed E-state index contributed by atoms with van der Waals surface area (Å²) in [4.78, 5) is 0. The first-order valence-electron chi connectivity index (χ1n) is 12.0. The van der Waals surface area contributed by atoms with Crippen molar-refractivity contribution >= 4 is 10.8 Å². The molecule has 1 fully saturated rings. The van der Waals surface area contributed by atoms with Crippen LogP contribution in [0.1, 0.15) is 54.7 Å². The molecule has 1 aliphatic carbocycles. The SMILES string of the molecule is COCCC1CCC(c2ccc3c(F)c(CCc4cc(F)c(OC(F)F)c(F)c4)ccc3c2)CC1. The number of hydrogen-bond acceptors (Lipinski definition) is 2. The topological polar surface area (TPSA) is 18.5 Å². The van der Waals surface area contributed by atoms with Gasteiger partial charge in [-0.2, -0.15) is 8.78 Å². The first-order chi connectivity index (χ1) is 16.9. The number of methoxy groups -OCH3 is 1. The van der Waals surface area contributed by atoms with E-state index < -0.39 is 24.0 Å². The summed E-state index contributed by atoms with van der Waals surface area (Å²) in [6.07, 6.45) is 6.05. The third-order valence-corrected chi connectivity index (χ3v) is 7.05. The van der Waals surface area contributed by atoms with Gasteiger partial charge in [-0.15, -0.1) is 0 Å². The van der Waals surface area contributed by atoms with Gasteiger partial charge in [-0.05, 0) is 91.0 Å². The Kier molecular flexibility index (Phi) is 8.26. The van der Waals surface area contributed by atoms with Crippen molar-refractivity contribution in [1.82, 2.24) is 0 Å². The minimum Gasteiger partial charge on any atom is -0.429 e. The van der Waals surface area contributed by atoms with Crippen LogP contribution in [0.15, 0.2) is 42.5 Å². The summed E-state index contributed by atoms with van der Waals surface area (Å²) in [6, 6.07) is 11.3. The number of benzene rings is 3. The molecule has 35 heavy (non-hydrogen) atoms. The smallest absolute Gasteiger partial charge is 0.387 e. The first kappa shape index (κ1) is 25.4. The van der Waals surface area contributed by atoms with E-state index in [2.05, 4.69) is 10.8 Å². The summed E-state index contributed by atoms with van der Waals surface area (Å²) < 4.78 is 76.9. The van der Waals surface area contributed by atoms with Crippen LogP contribution in [0.4, 0.5) is 22.0 Å². The van der Waals surface area contributed by atoms with Gasteiger partial charge in [-0.25, -0.2) is 13.2 Å². The summed E-state index contributed by atoms with van der Waals surface area (Å²) in [7, 11) is 1.73. The maximum Gasteiger partial charge on any atom is 0.387 e. The van der Waals surface area contributed by atoms with Crippen LogP contribution < -0.4 is 4.74 Å². The van der Waals surface area contributed by atoms with E-state index in [9.17, 15) is 17.6 Å². The molecule has 4 rings (SSSR count). The van der Waals surface area contributed by atoms with E-state index in [0.29, 0.717) is 22.8 Å². The second kappa shape index (κ2) is 11.4. The zero-order valence-corrected chi connectivity index (χ0v) is 19.6. The number of fused-ring (bicyclic) bond motifs is 1. The fraction of sp³-hybridized carbons (Fsp3) is 0.429. The fourth-order valence-electron chi connectivity index (χ4n) is 5.11. The van der Waals surface area contributed by atoms with Crippen LogP contribution in [-0.4, -0.2) is 20.3 Å². The number of rotatable bonds is 9. The second-order valence-corrected chi connectivity index (χ2v) is 9.29. The Hall–Kier alpha value is -2.67. The lowest BCUT2D eigenvalue weighted by Crippen LogP contribution is -2.14. The van der Waals surface area contributed by atoms with Gasteiger partial charge >= 0.3 is 6.61 Å². The number of hydrogen-bond donors (Lipinski definition) is 0. The molecule has 1 saturated carbocycles. The predicted octanol–water partition coefficient (Wildman–Crippen LogP) is 7.95. The van der Waals surface area contributed by atoms with Crippen LogP contribution in [0.2, 0.25) is 0 Å². The third kappa shape index (κ3) is 6.13. The van der Waals surface area contributed by atoms with E-state index in [0.717, 1.165) is 43.4 Å². The van der Waals surface area contributed by atoms with Crippen molar-refractivity contribution in [2.24, 2.45) is 5.92 Å². The van der Waals surface area contributed by atoms with Crippen molar-refractivity contribution in [3.63, 3.8) is 0 Å². The highest BCUT2D eigenvalue weighted by Crippen LogP contribution is 2.38. The summed E-state index contributed by atoms with van der Waals surface area (Å²) >= 11 is 0. The van der Waals surface area contributed by atoms with Gasteiger partial charge in [0, 0.05) is 19.1 Å². The molecule has 0 N–H and O–H groups in total. The van der Waals surface area contributed by atoms with Gasteiger partial charge in [0.15, 0.2) is 17.4 Å². The van der Waals surface area contributed by atoms with E-state index in [1.165, 1.54) is 18.4 Å². The van der Waals surface area contributed by atoms with Gasteiger partial charge in [-0.3, -0.25) is 0 Å². The van der Waals surface area contributed by atoms with Gasteiger partial charge in [0.25, 0.3) is 0 Å². The number of ether oxygens (including phenoxy) is 2. The normalized spacial score (nSPS) is 18.4. The van der Waals surface area contributed by atoms with Gasteiger partial charge < -0.3 is 9.47 Å². The maximum atomic E-state index is 15.2. The van der Waals surface area contributed by atoms with Gasteiger partial charge in [0.05, 0.1) is 0 Å². The Bertz CT molecular complexity index is 1130. The highest BCUT2D eigenvalue weighted by atomic mass is 19.3. The van der Waals surface area contributed by atoms with Crippen LogP contribution in [0, 0.1) is 23.4 Å². The van der Waals surface area contributed by atoms with E-state index in [-0.39, 0.29) is 24.2 Å². The quantitative estimate of drug-likeness (QED) is 0.282. The Morgan fingerprint density at radius 3 is 2.26 bits per heavy atom. The lowest BCUT2D eigenvalue weighted by atomic mass is 9.77. The molecule has 0 bridgehead atoms. The summed E-state index contributed by atoms with van der Waals surface area (Å²) in [5.74, 6) is -2.70. The molecule has 3 aromatic rings. The van der Waals surface area contributed by atoms with Crippen molar-refractivity contribution in [2.45, 2.75) is 57.5 Å². The molecule has 0 radical (unpaired) electrons. The largest absolute Gasteiger partial charge is 0.429 e. The molecule has 0 aliphatic heterocycles. The van der Waals surface area contributed by atoms with Crippen molar-refractivity contribution in [2.75, 3.05) is 13.7 Å². The van der Waals surface area contributed by atoms with Crippen LogP contribution in [0.5, 0.6) is 5.75 Å². The highest BCUT2D eigenvalue weighted by Gasteiger charge is 2.23. The van der Waals surface area contributed by atoms with Gasteiger partial charge in [-0.1, -0.05) is 30.3 Å². The third-order valence-electron chi connectivity index (χ3n) is 7.05. The van der Waals surface area contributed by atoms with E-state index in [1.54, 1.807) is 13.2 Å². The molecule has 0 heterocycles. The predicted molar refractivity (Wildman–Crippen MR) is 125 cm³/mol. The van der Waals surface area contributed by atoms with E-state index in [1.807, 2.05) is 18.2 Å². The van der Waals surface area contributed by atoms with Crippen LogP contribution in [0.3, 0.4) is 0 Å². The molecule has 0 atom stereocenters. The standard InChI is InChI=1S/C28H29F5O2/c1-34-13-12-17-2-5-19(6-3-17)21-10-11-23-22(16-21)9-8-20(26(23)31)7-4-18-14-24(29)27(25(30)15-18)35-28(32)33/h8-11,14-17,19,28H,2-7,12-13H2,1H3. The molecular formula is C28H29F5O2. The number of halogens is 5. The lowest BCUT2D eigenvalue weighted by Gasteiger charge is -2.29.